The molecule has 82 valence electrons. The van der Waals surface area contributed by atoms with Crippen molar-refractivity contribution in [3.8, 4) is 0 Å². The van der Waals surface area contributed by atoms with Gasteiger partial charge in [0.25, 0.3) is 0 Å². The Hall–Kier alpha value is 0.310. The van der Waals surface area contributed by atoms with E-state index in [1.807, 2.05) is 18.9 Å². The Bertz CT molecular complexity index is 238. The van der Waals surface area contributed by atoms with E-state index in [4.69, 9.17) is 4.74 Å². The van der Waals surface area contributed by atoms with E-state index in [0.29, 0.717) is 22.2 Å². The summed E-state index contributed by atoms with van der Waals surface area (Å²) in [6, 6.07) is 0. The SMILES string of the molecule is COC1C(SC)C2CCC1(C)C2(C)C. The van der Waals surface area contributed by atoms with Crippen LogP contribution < -0.4 is 0 Å². The van der Waals surface area contributed by atoms with Crippen molar-refractivity contribution < 1.29 is 4.74 Å². The van der Waals surface area contributed by atoms with E-state index < -0.39 is 0 Å². The van der Waals surface area contributed by atoms with Crippen LogP contribution in [0.25, 0.3) is 0 Å². The van der Waals surface area contributed by atoms with E-state index in [0.717, 1.165) is 5.92 Å². The molecule has 0 aromatic heterocycles. The van der Waals surface area contributed by atoms with Gasteiger partial charge >= 0.3 is 0 Å². The molecular weight excluding hydrogens is 192 g/mol. The molecule has 1 nitrogen and oxygen atoms in total. The number of hydrogen-bond donors (Lipinski definition) is 0. The van der Waals surface area contributed by atoms with E-state index in [-0.39, 0.29) is 0 Å². The molecule has 2 aliphatic rings. The lowest BCUT2D eigenvalue weighted by atomic mass is 9.70. The molecule has 2 bridgehead atoms. The van der Waals surface area contributed by atoms with Gasteiger partial charge in [0.15, 0.2) is 0 Å². The number of methoxy groups -OCH3 is 1. The molecule has 0 N–H and O–H groups in total. The number of ether oxygens (including phenoxy) is 1. The molecular formula is C12H22OS. The lowest BCUT2D eigenvalue weighted by molar-refractivity contribution is -0.0176. The first-order valence-corrected chi connectivity index (χ1v) is 6.83. The molecule has 0 aromatic carbocycles. The van der Waals surface area contributed by atoms with Gasteiger partial charge in [-0.25, -0.2) is 0 Å². The second-order valence-electron chi connectivity index (χ2n) is 5.64. The largest absolute Gasteiger partial charge is 0.380 e. The Morgan fingerprint density at radius 1 is 1.29 bits per heavy atom. The van der Waals surface area contributed by atoms with Crippen molar-refractivity contribution in [2.75, 3.05) is 13.4 Å². The minimum atomic E-state index is 0.403. The topological polar surface area (TPSA) is 9.23 Å². The van der Waals surface area contributed by atoms with Crippen LogP contribution in [0.1, 0.15) is 33.6 Å². The zero-order chi connectivity index (χ0) is 10.6. The van der Waals surface area contributed by atoms with Gasteiger partial charge < -0.3 is 4.74 Å². The fourth-order valence-corrected chi connectivity index (χ4v) is 5.36. The molecule has 0 heterocycles. The predicted molar refractivity (Wildman–Crippen MR) is 62.7 cm³/mol. The average molecular weight is 214 g/mol. The normalized spacial score (nSPS) is 49.9. The summed E-state index contributed by atoms with van der Waals surface area (Å²) in [7, 11) is 1.88. The average Bonchev–Trinajstić information content (AvgIpc) is 2.46. The number of rotatable bonds is 2. The monoisotopic (exact) mass is 214 g/mol. The third-order valence-corrected chi connectivity index (χ3v) is 6.34. The summed E-state index contributed by atoms with van der Waals surface area (Å²) in [6.07, 6.45) is 5.44. The van der Waals surface area contributed by atoms with Crippen LogP contribution in [0.5, 0.6) is 0 Å². The zero-order valence-corrected chi connectivity index (χ0v) is 10.8. The molecule has 2 heteroatoms. The number of hydrogen-bond acceptors (Lipinski definition) is 2. The quantitative estimate of drug-likeness (QED) is 0.698. The van der Waals surface area contributed by atoms with Crippen molar-refractivity contribution in [3.05, 3.63) is 0 Å². The zero-order valence-electron chi connectivity index (χ0n) is 9.96. The molecule has 4 unspecified atom stereocenters. The minimum Gasteiger partial charge on any atom is -0.380 e. The van der Waals surface area contributed by atoms with E-state index in [1.165, 1.54) is 12.8 Å². The highest BCUT2D eigenvalue weighted by Gasteiger charge is 2.66. The van der Waals surface area contributed by atoms with Crippen LogP contribution in [-0.4, -0.2) is 24.7 Å². The second kappa shape index (κ2) is 3.15. The van der Waals surface area contributed by atoms with Crippen molar-refractivity contribution in [1.29, 1.82) is 0 Å². The summed E-state index contributed by atoms with van der Waals surface area (Å²) in [6.45, 7) is 7.30. The minimum absolute atomic E-state index is 0.403. The third kappa shape index (κ3) is 1.02. The van der Waals surface area contributed by atoms with Gasteiger partial charge in [0.05, 0.1) is 6.10 Å². The molecule has 4 atom stereocenters. The number of thioether (sulfide) groups is 1. The van der Waals surface area contributed by atoms with Crippen molar-refractivity contribution >= 4 is 11.8 Å². The van der Waals surface area contributed by atoms with E-state index in [1.54, 1.807) is 0 Å². The van der Waals surface area contributed by atoms with Gasteiger partial charge in [-0.2, -0.15) is 11.8 Å². The van der Waals surface area contributed by atoms with Gasteiger partial charge in [-0.3, -0.25) is 0 Å². The Balaban J connectivity index is 2.38. The van der Waals surface area contributed by atoms with Crippen LogP contribution in [0.4, 0.5) is 0 Å². The van der Waals surface area contributed by atoms with E-state index in [2.05, 4.69) is 27.0 Å². The summed E-state index contributed by atoms with van der Waals surface area (Å²) >= 11 is 2.00. The molecule has 0 saturated heterocycles. The van der Waals surface area contributed by atoms with Crippen LogP contribution in [0, 0.1) is 16.7 Å². The first kappa shape index (κ1) is 10.8. The van der Waals surface area contributed by atoms with Crippen LogP contribution in [-0.2, 0) is 4.74 Å². The molecule has 0 aromatic rings. The summed E-state index contributed by atoms with van der Waals surface area (Å²) in [5.74, 6) is 0.854. The lowest BCUT2D eigenvalue weighted by Gasteiger charge is -2.39. The summed E-state index contributed by atoms with van der Waals surface area (Å²) in [5, 5.41) is 0.716. The Labute approximate surface area is 92.0 Å². The highest BCUT2D eigenvalue weighted by atomic mass is 32.2. The van der Waals surface area contributed by atoms with E-state index in [9.17, 15) is 0 Å². The van der Waals surface area contributed by atoms with E-state index >= 15 is 0 Å². The van der Waals surface area contributed by atoms with Gasteiger partial charge in [-0.15, -0.1) is 0 Å². The number of fused-ring (bicyclic) bond motifs is 2. The maximum atomic E-state index is 5.77. The van der Waals surface area contributed by atoms with Crippen LogP contribution >= 0.6 is 11.8 Å². The summed E-state index contributed by atoms with van der Waals surface area (Å²) in [5.41, 5.74) is 0.863. The molecule has 0 aliphatic heterocycles. The smallest absolute Gasteiger partial charge is 0.0751 e. The van der Waals surface area contributed by atoms with Crippen molar-refractivity contribution in [3.63, 3.8) is 0 Å². The second-order valence-corrected chi connectivity index (χ2v) is 6.66. The van der Waals surface area contributed by atoms with Crippen molar-refractivity contribution in [2.24, 2.45) is 16.7 Å². The first-order chi connectivity index (χ1) is 6.49. The van der Waals surface area contributed by atoms with Crippen molar-refractivity contribution in [1.82, 2.24) is 0 Å². The van der Waals surface area contributed by atoms with Gasteiger partial charge in [-0.05, 0) is 30.4 Å². The molecule has 2 saturated carbocycles. The molecule has 14 heavy (non-hydrogen) atoms. The third-order valence-electron chi connectivity index (χ3n) is 5.22. The fraction of sp³-hybridized carbons (Fsp3) is 1.00. The molecule has 0 spiro atoms. The highest BCUT2D eigenvalue weighted by Crippen LogP contribution is 2.68. The molecule has 0 amide bonds. The van der Waals surface area contributed by atoms with Gasteiger partial charge in [0.2, 0.25) is 0 Å². The van der Waals surface area contributed by atoms with Gasteiger partial charge in [0.1, 0.15) is 0 Å². The van der Waals surface area contributed by atoms with Crippen LogP contribution in [0.2, 0.25) is 0 Å². The highest BCUT2D eigenvalue weighted by molar-refractivity contribution is 7.99. The molecule has 0 radical (unpaired) electrons. The fourth-order valence-electron chi connectivity index (χ4n) is 3.90. The summed E-state index contributed by atoms with van der Waals surface area (Å²) < 4.78 is 5.77. The summed E-state index contributed by atoms with van der Waals surface area (Å²) in [4.78, 5) is 0. The first-order valence-electron chi connectivity index (χ1n) is 5.54. The Morgan fingerprint density at radius 2 is 1.93 bits per heavy atom. The van der Waals surface area contributed by atoms with Gasteiger partial charge in [-0.1, -0.05) is 20.8 Å². The molecule has 2 aliphatic carbocycles. The van der Waals surface area contributed by atoms with Crippen LogP contribution in [0.15, 0.2) is 0 Å². The molecule has 2 rings (SSSR count). The Morgan fingerprint density at radius 3 is 2.36 bits per heavy atom. The maximum absolute atomic E-state index is 5.77. The van der Waals surface area contributed by atoms with Crippen molar-refractivity contribution in [2.45, 2.75) is 45.0 Å². The predicted octanol–water partition coefficient (Wildman–Crippen LogP) is 3.19. The standard InChI is InChI=1S/C12H22OS/c1-11(2)8-6-7-12(11,3)10(13-4)9(8)14-5/h8-10H,6-7H2,1-5H3. The van der Waals surface area contributed by atoms with Gasteiger partial charge in [0, 0.05) is 17.8 Å². The van der Waals surface area contributed by atoms with Crippen LogP contribution in [0.3, 0.4) is 0 Å². The lowest BCUT2D eigenvalue weighted by Crippen LogP contribution is -2.39. The Kier molecular flexibility index (Phi) is 2.43. The maximum Gasteiger partial charge on any atom is 0.0751 e. The molecule has 2 fully saturated rings.